The predicted octanol–water partition coefficient (Wildman–Crippen LogP) is 5.11. The molecule has 0 fully saturated rings. The molecule has 2 rings (SSSR count). The number of carboxylic acid groups (broad SMARTS) is 1. The van der Waals surface area contributed by atoms with Crippen LogP contribution in [0.25, 0.3) is 0 Å². The van der Waals surface area contributed by atoms with Crippen LogP contribution in [0.2, 0.25) is 0 Å². The number of alkyl halides is 3. The molecule has 0 bridgehead atoms. The fourth-order valence-electron chi connectivity index (χ4n) is 2.51. The van der Waals surface area contributed by atoms with Crippen LogP contribution in [0.5, 0.6) is 17.2 Å². The Balaban J connectivity index is 1.67. The number of ether oxygens (including phenoxy) is 2. The van der Waals surface area contributed by atoms with Crippen molar-refractivity contribution in [3.05, 3.63) is 54.1 Å². The summed E-state index contributed by atoms with van der Waals surface area (Å²) >= 11 is 0. The van der Waals surface area contributed by atoms with E-state index in [0.29, 0.717) is 31.1 Å². The van der Waals surface area contributed by atoms with Gasteiger partial charge in [-0.25, -0.2) is 0 Å². The highest BCUT2D eigenvalue weighted by Gasteiger charge is 2.30. The third kappa shape index (κ3) is 8.87. The Morgan fingerprint density at radius 1 is 0.931 bits per heavy atom. The van der Waals surface area contributed by atoms with Crippen molar-refractivity contribution in [1.29, 1.82) is 0 Å². The van der Waals surface area contributed by atoms with Crippen LogP contribution in [0.3, 0.4) is 0 Å². The lowest BCUT2D eigenvalue weighted by Gasteiger charge is -2.11. The van der Waals surface area contributed by atoms with Crippen molar-refractivity contribution < 1.29 is 32.5 Å². The highest BCUT2D eigenvalue weighted by Crippen LogP contribution is 2.33. The highest BCUT2D eigenvalue weighted by molar-refractivity contribution is 5.66. The fraction of sp³-hybridized carbons (Fsp3) is 0.381. The van der Waals surface area contributed by atoms with Gasteiger partial charge in [-0.2, -0.15) is 13.2 Å². The lowest BCUT2D eigenvalue weighted by molar-refractivity contribution is -0.138. The number of rotatable bonds is 12. The number of aliphatic carboxylic acids is 1. The SMILES string of the molecule is O=C(O)CCCNCCCCOc1ccc(Oc2cccc(C(F)(F)F)c2)cc1. The molecule has 0 aromatic heterocycles. The van der Waals surface area contributed by atoms with Crippen molar-refractivity contribution in [2.24, 2.45) is 0 Å². The first-order valence-corrected chi connectivity index (χ1v) is 9.35. The topological polar surface area (TPSA) is 67.8 Å². The lowest BCUT2D eigenvalue weighted by Crippen LogP contribution is -2.18. The molecule has 0 atom stereocenters. The maximum atomic E-state index is 12.7. The maximum absolute atomic E-state index is 12.7. The second-order valence-corrected chi connectivity index (χ2v) is 6.40. The number of carbonyl (C=O) groups is 1. The van der Waals surface area contributed by atoms with Gasteiger partial charge in [0.15, 0.2) is 0 Å². The Kier molecular flexibility index (Phi) is 8.79. The average Bonchev–Trinajstić information content (AvgIpc) is 2.67. The van der Waals surface area contributed by atoms with E-state index in [1.807, 2.05) is 0 Å². The van der Waals surface area contributed by atoms with Gasteiger partial charge >= 0.3 is 12.1 Å². The minimum atomic E-state index is -4.41. The molecule has 0 heterocycles. The number of unbranched alkanes of at least 4 members (excludes halogenated alkanes) is 1. The van der Waals surface area contributed by atoms with Gasteiger partial charge in [0, 0.05) is 6.42 Å². The zero-order chi connectivity index (χ0) is 21.1. The molecule has 2 aromatic carbocycles. The molecule has 29 heavy (non-hydrogen) atoms. The van der Waals surface area contributed by atoms with Crippen LogP contribution >= 0.6 is 0 Å². The molecule has 158 valence electrons. The van der Waals surface area contributed by atoms with Gasteiger partial charge in [0.05, 0.1) is 12.2 Å². The molecule has 0 unspecified atom stereocenters. The number of benzene rings is 2. The van der Waals surface area contributed by atoms with Crippen LogP contribution in [0.1, 0.15) is 31.2 Å². The molecule has 8 heteroatoms. The molecular formula is C21H24F3NO4. The van der Waals surface area contributed by atoms with E-state index in [9.17, 15) is 18.0 Å². The Bertz CT molecular complexity index is 763. The van der Waals surface area contributed by atoms with Crippen LogP contribution in [-0.2, 0) is 11.0 Å². The quantitative estimate of drug-likeness (QED) is 0.475. The van der Waals surface area contributed by atoms with Gasteiger partial charge in [-0.1, -0.05) is 6.07 Å². The average molecular weight is 411 g/mol. The van der Waals surface area contributed by atoms with E-state index in [1.54, 1.807) is 24.3 Å². The molecule has 0 amide bonds. The van der Waals surface area contributed by atoms with Gasteiger partial charge in [-0.05, 0) is 74.8 Å². The van der Waals surface area contributed by atoms with E-state index < -0.39 is 17.7 Å². The van der Waals surface area contributed by atoms with Crippen molar-refractivity contribution in [1.82, 2.24) is 5.32 Å². The largest absolute Gasteiger partial charge is 0.494 e. The number of hydrogen-bond acceptors (Lipinski definition) is 4. The summed E-state index contributed by atoms with van der Waals surface area (Å²) in [4.78, 5) is 10.4. The smallest absolute Gasteiger partial charge is 0.416 e. The van der Waals surface area contributed by atoms with Crippen LogP contribution < -0.4 is 14.8 Å². The van der Waals surface area contributed by atoms with Crippen LogP contribution in [0.4, 0.5) is 13.2 Å². The fourth-order valence-corrected chi connectivity index (χ4v) is 2.51. The monoisotopic (exact) mass is 411 g/mol. The molecule has 5 nitrogen and oxygen atoms in total. The maximum Gasteiger partial charge on any atom is 0.416 e. The zero-order valence-corrected chi connectivity index (χ0v) is 15.9. The first-order chi connectivity index (χ1) is 13.8. The summed E-state index contributed by atoms with van der Waals surface area (Å²) in [5.74, 6) is 0.397. The third-order valence-electron chi connectivity index (χ3n) is 3.98. The third-order valence-corrected chi connectivity index (χ3v) is 3.98. The van der Waals surface area contributed by atoms with Gasteiger partial charge in [-0.3, -0.25) is 4.79 Å². The van der Waals surface area contributed by atoms with Crippen molar-refractivity contribution in [2.45, 2.75) is 31.9 Å². The molecule has 0 saturated carbocycles. The van der Waals surface area contributed by atoms with Crippen LogP contribution in [0.15, 0.2) is 48.5 Å². The summed E-state index contributed by atoms with van der Waals surface area (Å²) < 4.78 is 49.3. The van der Waals surface area contributed by atoms with Crippen LogP contribution in [-0.4, -0.2) is 30.8 Å². The Labute approximate surface area is 167 Å². The summed E-state index contributed by atoms with van der Waals surface area (Å²) in [7, 11) is 0. The number of nitrogens with one attached hydrogen (secondary N) is 1. The second-order valence-electron chi connectivity index (χ2n) is 6.40. The van der Waals surface area contributed by atoms with Gasteiger partial charge in [0.25, 0.3) is 0 Å². The minimum absolute atomic E-state index is 0.115. The molecule has 0 radical (unpaired) electrons. The van der Waals surface area contributed by atoms with Gasteiger partial charge in [0.2, 0.25) is 0 Å². The molecule has 2 N–H and O–H groups in total. The summed E-state index contributed by atoms with van der Waals surface area (Å²) in [5, 5.41) is 11.7. The molecule has 0 aliphatic carbocycles. The molecule has 2 aromatic rings. The first kappa shape index (κ1) is 22.5. The Morgan fingerprint density at radius 2 is 1.62 bits per heavy atom. The highest BCUT2D eigenvalue weighted by atomic mass is 19.4. The van der Waals surface area contributed by atoms with E-state index in [-0.39, 0.29) is 12.2 Å². The van der Waals surface area contributed by atoms with E-state index in [2.05, 4.69) is 5.32 Å². The summed E-state index contributed by atoms with van der Waals surface area (Å²) in [5.41, 5.74) is -0.758. The van der Waals surface area contributed by atoms with Gasteiger partial charge < -0.3 is 19.9 Å². The number of halogens is 3. The molecular weight excluding hydrogens is 387 g/mol. The standard InChI is InChI=1S/C21H24F3NO4/c22-21(23,24)16-5-3-6-19(15-16)29-18-10-8-17(9-11-18)28-14-2-1-12-25-13-4-7-20(26)27/h3,5-6,8-11,15,25H,1-2,4,7,12-14H2,(H,26,27). The molecule has 0 aliphatic heterocycles. The number of carboxylic acids is 1. The Morgan fingerprint density at radius 3 is 2.31 bits per heavy atom. The second kappa shape index (κ2) is 11.3. The molecule has 0 aliphatic rings. The predicted molar refractivity (Wildman–Crippen MR) is 102 cm³/mol. The van der Waals surface area contributed by atoms with Gasteiger partial charge in [0.1, 0.15) is 17.2 Å². The normalized spacial score (nSPS) is 11.3. The summed E-state index contributed by atoms with van der Waals surface area (Å²) in [6, 6.07) is 11.4. The van der Waals surface area contributed by atoms with E-state index in [4.69, 9.17) is 14.6 Å². The summed E-state index contributed by atoms with van der Waals surface area (Å²) in [6.45, 7) is 2.01. The van der Waals surface area contributed by atoms with E-state index >= 15 is 0 Å². The van der Waals surface area contributed by atoms with E-state index in [0.717, 1.165) is 31.5 Å². The van der Waals surface area contributed by atoms with Crippen LogP contribution in [0, 0.1) is 0 Å². The van der Waals surface area contributed by atoms with Crippen molar-refractivity contribution >= 4 is 5.97 Å². The minimum Gasteiger partial charge on any atom is -0.494 e. The van der Waals surface area contributed by atoms with E-state index in [1.165, 1.54) is 12.1 Å². The number of hydrogen-bond donors (Lipinski definition) is 2. The summed E-state index contributed by atoms with van der Waals surface area (Å²) in [6.07, 6.45) is -1.88. The molecule has 0 spiro atoms. The van der Waals surface area contributed by atoms with Crippen molar-refractivity contribution in [2.75, 3.05) is 19.7 Å². The lowest BCUT2D eigenvalue weighted by atomic mass is 10.2. The first-order valence-electron chi connectivity index (χ1n) is 9.35. The van der Waals surface area contributed by atoms with Crippen molar-refractivity contribution in [3.63, 3.8) is 0 Å². The van der Waals surface area contributed by atoms with Gasteiger partial charge in [-0.15, -0.1) is 0 Å². The Hall–Kier alpha value is -2.74. The zero-order valence-electron chi connectivity index (χ0n) is 15.9. The van der Waals surface area contributed by atoms with Crippen molar-refractivity contribution in [3.8, 4) is 17.2 Å². The molecule has 0 saturated heterocycles.